The van der Waals surface area contributed by atoms with E-state index in [1.54, 1.807) is 22.7 Å². The Balaban J connectivity index is 0.986. The zero-order chi connectivity index (χ0) is 81.8. The van der Waals surface area contributed by atoms with E-state index in [9.17, 15) is 4.79 Å². The summed E-state index contributed by atoms with van der Waals surface area (Å²) in [6.45, 7) is 28.0. The van der Waals surface area contributed by atoms with E-state index >= 15 is 9.18 Å². The van der Waals surface area contributed by atoms with Crippen molar-refractivity contribution < 1.29 is 18.7 Å². The van der Waals surface area contributed by atoms with Crippen molar-refractivity contribution in [2.24, 2.45) is 23.7 Å². The molecule has 3 nitrogen and oxygen atoms in total. The summed E-state index contributed by atoms with van der Waals surface area (Å²) in [5.74, 6) is 1.87. The van der Waals surface area contributed by atoms with E-state index in [0.29, 0.717) is 42.1 Å². The Morgan fingerprint density at radius 1 is 0.342 bits per heavy atom. The molecule has 117 heavy (non-hydrogen) atoms. The van der Waals surface area contributed by atoms with Crippen LogP contribution in [0.1, 0.15) is 310 Å². The zero-order valence-corrected chi connectivity index (χ0v) is 81.4. The number of rotatable bonds is 48. The number of ketones is 1. The third kappa shape index (κ3) is 20.2. The first-order chi connectivity index (χ1) is 57.1. The molecule has 16 heteroatoms. The number of fused-ring (bicyclic) bond motifs is 6. The summed E-state index contributed by atoms with van der Waals surface area (Å²) in [7, 11) is 0. The largest absolute Gasteiger partial charge is 0.461 e. The van der Waals surface area contributed by atoms with Crippen LogP contribution in [0.4, 0.5) is 4.39 Å². The molecule has 4 unspecified atom stereocenters. The number of Topliss-reactive ketones (excluding diaryl/α,β-unsaturated/α-hetero) is 1. The van der Waals surface area contributed by atoms with E-state index in [1.165, 1.54) is 289 Å². The zero-order valence-electron chi connectivity index (χ0n) is 71.6. The number of unbranched alkanes of at least 4 members (excludes halogenated alkanes) is 15. The Kier molecular flexibility index (Phi) is 32.0. The predicted molar refractivity (Wildman–Crippen MR) is 532 cm³/mol. The Labute approximate surface area is 746 Å². The highest BCUT2D eigenvalue weighted by Gasteiger charge is 2.33. The number of carbonyl (C=O) groups is 2. The van der Waals surface area contributed by atoms with E-state index in [0.717, 1.165) is 94.8 Å². The van der Waals surface area contributed by atoms with Gasteiger partial charge in [0.15, 0.2) is 11.6 Å². The van der Waals surface area contributed by atoms with Gasteiger partial charge in [-0.1, -0.05) is 243 Å². The molecule has 0 radical (unpaired) electrons. The number of benzene rings is 2. The van der Waals surface area contributed by atoms with Crippen molar-refractivity contribution >= 4 is 208 Å². The summed E-state index contributed by atoms with van der Waals surface area (Å²) in [6, 6.07) is 32.1. The molecular weight excluding hydrogens is 1660 g/mol. The average molecular weight is 1790 g/mol. The Bertz CT molecular complexity index is 5400. The van der Waals surface area contributed by atoms with Crippen LogP contribution >= 0.6 is 136 Å². The number of thiophene rings is 12. The van der Waals surface area contributed by atoms with Gasteiger partial charge in [-0.3, -0.25) is 4.79 Å². The van der Waals surface area contributed by atoms with Gasteiger partial charge < -0.3 is 4.74 Å². The van der Waals surface area contributed by atoms with Gasteiger partial charge >= 0.3 is 5.97 Å². The summed E-state index contributed by atoms with van der Waals surface area (Å²) in [5.41, 5.74) is 5.33. The summed E-state index contributed by atoms with van der Waals surface area (Å²) >= 11 is 22.5. The predicted octanol–water partition coefficient (Wildman–Crippen LogP) is 38.6. The van der Waals surface area contributed by atoms with Gasteiger partial charge in [-0.15, -0.1) is 136 Å². The van der Waals surface area contributed by atoms with Crippen molar-refractivity contribution in [3.8, 4) is 71.0 Å². The maximum Gasteiger partial charge on any atom is 0.351 e. The smallest absolute Gasteiger partial charge is 0.351 e. The molecule has 12 heterocycles. The molecule has 14 rings (SSSR count). The van der Waals surface area contributed by atoms with Crippen LogP contribution in [0, 0.1) is 43.3 Å². The standard InChI is InChI=1S/C101H123FO3S12/c1-13-23-29-31-33-34-36-42-76(103)81-60-75-91(116-97(96(75)112-81)83-58-73-87(78-48-44-68(109-78)54-64(20-8)39-26-16-4)92-71(52-61(11)106-92)86(93(73)114-83)77-47-43-67(108-77)53-63(19-7)38-25-15-3)82-57-72-88(79-49-45-69(110-79)55-65(21-9)40-27-17-5)95-74(89(94(72)113-82)80-50-46-70(111-80)56-66(22-10)41-28-18-6)59-84(115-95)98-99-85(62(12)107-98)90(102)100(117-99)101(104)105-51-37-35-32-30-24-14-2/h43-50,52,57-60,63-66H,13-42,51,53-56H2,1-12H3. The molecule has 0 spiro atoms. The molecular formula is C101H123FO3S12. The normalized spacial score (nSPS) is 13.3. The lowest BCUT2D eigenvalue weighted by molar-refractivity contribution is 0.0498. The van der Waals surface area contributed by atoms with Crippen LogP contribution in [0.5, 0.6) is 0 Å². The van der Waals surface area contributed by atoms with Crippen molar-refractivity contribution in [1.82, 2.24) is 0 Å². The Morgan fingerprint density at radius 3 is 1.14 bits per heavy atom. The number of esters is 1. The fourth-order valence-corrected chi connectivity index (χ4v) is 33.0. The van der Waals surface area contributed by atoms with E-state index in [1.807, 2.05) is 109 Å². The first-order valence-corrected chi connectivity index (χ1v) is 54.8. The van der Waals surface area contributed by atoms with Gasteiger partial charge in [0.2, 0.25) is 0 Å². The van der Waals surface area contributed by atoms with Crippen LogP contribution in [0.3, 0.4) is 0 Å². The van der Waals surface area contributed by atoms with E-state index in [2.05, 4.69) is 155 Å². The second kappa shape index (κ2) is 42.2. The minimum atomic E-state index is -0.552. The van der Waals surface area contributed by atoms with E-state index < -0.39 is 11.8 Å². The molecule has 12 aromatic heterocycles. The minimum Gasteiger partial charge on any atom is -0.461 e. The van der Waals surface area contributed by atoms with Gasteiger partial charge in [0, 0.05) is 143 Å². The Hall–Kier alpha value is -4.53. The van der Waals surface area contributed by atoms with Crippen LogP contribution in [-0.2, 0) is 30.4 Å². The topological polar surface area (TPSA) is 43.4 Å². The molecule has 624 valence electrons. The second-order valence-electron chi connectivity index (χ2n) is 33.5. The van der Waals surface area contributed by atoms with Gasteiger partial charge in [0.1, 0.15) is 4.88 Å². The van der Waals surface area contributed by atoms with Crippen LogP contribution < -0.4 is 0 Å². The molecule has 0 amide bonds. The summed E-state index contributed by atoms with van der Waals surface area (Å²) in [5, 5.41) is 6.97. The molecule has 0 saturated heterocycles. The number of ether oxygens (including phenoxy) is 1. The van der Waals surface area contributed by atoms with Crippen molar-refractivity contribution in [3.63, 3.8) is 0 Å². The third-order valence-corrected chi connectivity index (χ3v) is 39.2. The molecule has 2 aromatic carbocycles. The van der Waals surface area contributed by atoms with Gasteiger partial charge in [-0.25, -0.2) is 9.18 Å². The van der Waals surface area contributed by atoms with E-state index in [4.69, 9.17) is 4.74 Å². The van der Waals surface area contributed by atoms with Gasteiger partial charge in [-0.2, -0.15) is 0 Å². The van der Waals surface area contributed by atoms with Crippen LogP contribution in [-0.4, -0.2) is 18.4 Å². The fourth-order valence-electron chi connectivity index (χ4n) is 17.7. The molecule has 0 N–H and O–H groups in total. The van der Waals surface area contributed by atoms with Crippen LogP contribution in [0.2, 0.25) is 0 Å². The van der Waals surface area contributed by atoms with Crippen molar-refractivity contribution in [2.75, 3.05) is 6.61 Å². The fraction of sp³-hybridized carbons (Fsp3) is 0.505. The monoisotopic (exact) mass is 1790 g/mol. The molecule has 0 bridgehead atoms. The molecule has 0 aliphatic heterocycles. The second-order valence-corrected chi connectivity index (χ2v) is 46.9. The van der Waals surface area contributed by atoms with Gasteiger partial charge in [0.05, 0.1) is 35.5 Å². The number of hydrogen-bond donors (Lipinski definition) is 0. The SMILES string of the molecule is CCCCCCCCCC(=O)c1cc2c(-c3cc4c(-c5ccc(CC(CC)CCCC)s5)c5sc(-c6sc(C)c7c(F)c(C(=O)OCCCCCCCC)sc67)cc5c(-c5ccc(CC(CC)CCCC)s5)c4s3)sc(-c3cc4c(-c5ccc(CC(CC)CCCC)s5)c5sc(C)cc5c(-c5ccc(CC(CC)CCCC)s5)c4s3)c2s1. The van der Waals surface area contributed by atoms with Crippen LogP contribution in [0.25, 0.3) is 132 Å². The van der Waals surface area contributed by atoms with Crippen LogP contribution in [0.15, 0.2) is 78.9 Å². The summed E-state index contributed by atoms with van der Waals surface area (Å²) in [6.07, 6.45) is 39.3. The molecule has 0 aliphatic carbocycles. The lowest BCUT2D eigenvalue weighted by Gasteiger charge is -2.13. The molecule has 4 atom stereocenters. The van der Waals surface area contributed by atoms with Gasteiger partial charge in [0.25, 0.3) is 0 Å². The van der Waals surface area contributed by atoms with E-state index in [-0.39, 0.29) is 10.7 Å². The number of aryl methyl sites for hydroxylation is 2. The first kappa shape index (κ1) is 88.8. The third-order valence-electron chi connectivity index (χ3n) is 24.7. The molecule has 0 aliphatic rings. The highest BCUT2D eigenvalue weighted by molar-refractivity contribution is 7.36. The van der Waals surface area contributed by atoms with Crippen molar-refractivity contribution in [3.05, 3.63) is 124 Å². The Morgan fingerprint density at radius 2 is 0.718 bits per heavy atom. The highest BCUT2D eigenvalue weighted by atomic mass is 32.1. The maximum absolute atomic E-state index is 17.1. The molecule has 0 saturated carbocycles. The van der Waals surface area contributed by atoms with Crippen molar-refractivity contribution in [1.29, 1.82) is 0 Å². The highest BCUT2D eigenvalue weighted by Crippen LogP contribution is 2.61. The summed E-state index contributed by atoms with van der Waals surface area (Å²) in [4.78, 5) is 50.7. The molecule has 0 fully saturated rings. The average Bonchev–Trinajstić information content (AvgIpc) is 1.56. The van der Waals surface area contributed by atoms with Crippen molar-refractivity contribution in [2.45, 2.75) is 301 Å². The number of halogens is 1. The summed E-state index contributed by atoms with van der Waals surface area (Å²) < 4.78 is 30.4. The lowest BCUT2D eigenvalue weighted by Crippen LogP contribution is -2.06. The van der Waals surface area contributed by atoms with Gasteiger partial charge in [-0.05, 0) is 155 Å². The number of hydrogen-bond acceptors (Lipinski definition) is 15. The molecule has 14 aromatic rings. The first-order valence-electron chi connectivity index (χ1n) is 45.0. The number of carbonyl (C=O) groups excluding carboxylic acids is 2. The maximum atomic E-state index is 17.1. The lowest BCUT2D eigenvalue weighted by atomic mass is 9.95. The quantitative estimate of drug-likeness (QED) is 0.0217. The minimum absolute atomic E-state index is 0.0816.